The highest BCUT2D eigenvalue weighted by molar-refractivity contribution is 6.17. The molecule has 0 bridgehead atoms. The largest absolute Gasteiger partial charge is 0.478 e. The van der Waals surface area contributed by atoms with Crippen LogP contribution in [0.15, 0.2) is 53.1 Å². The Bertz CT molecular complexity index is 795. The molecule has 3 rings (SSSR count). The lowest BCUT2D eigenvalue weighted by molar-refractivity contribution is 0.0697. The zero-order chi connectivity index (χ0) is 15.5. The normalized spacial score (nSPS) is 10.6. The van der Waals surface area contributed by atoms with Gasteiger partial charge in [-0.05, 0) is 29.8 Å². The number of rotatable bonds is 4. The van der Waals surface area contributed by atoms with Gasteiger partial charge in [0.1, 0.15) is 0 Å². The van der Waals surface area contributed by atoms with Crippen molar-refractivity contribution in [3.05, 3.63) is 59.7 Å². The molecule has 1 heterocycles. The molecule has 0 fully saturated rings. The molecule has 0 unspecified atom stereocenters. The summed E-state index contributed by atoms with van der Waals surface area (Å²) in [4.78, 5) is 15.2. The maximum atomic E-state index is 10.8. The topological polar surface area (TPSA) is 76.2 Å². The van der Waals surface area contributed by atoms with Crippen LogP contribution in [-0.4, -0.2) is 21.2 Å². The smallest absolute Gasteiger partial charge is 0.335 e. The Hall–Kier alpha value is -2.66. The molecule has 5 nitrogen and oxygen atoms in total. The summed E-state index contributed by atoms with van der Waals surface area (Å²) in [5.74, 6) is 0.289. The van der Waals surface area contributed by atoms with Gasteiger partial charge in [0.15, 0.2) is 0 Å². The summed E-state index contributed by atoms with van der Waals surface area (Å²) < 4.78 is 5.25. The molecule has 0 saturated heterocycles. The van der Waals surface area contributed by atoms with Crippen LogP contribution in [0, 0.1) is 0 Å². The second-order valence-corrected chi connectivity index (χ2v) is 4.90. The van der Waals surface area contributed by atoms with Crippen LogP contribution < -0.4 is 0 Å². The number of carboxylic acid groups (broad SMARTS) is 1. The molecule has 3 aromatic rings. The van der Waals surface area contributed by atoms with Gasteiger partial charge < -0.3 is 9.63 Å². The molecule has 22 heavy (non-hydrogen) atoms. The lowest BCUT2D eigenvalue weighted by atomic mass is 10.1. The first-order chi connectivity index (χ1) is 10.7. The van der Waals surface area contributed by atoms with E-state index in [0.717, 1.165) is 11.1 Å². The number of carbonyl (C=O) groups is 1. The number of aromatic carboxylic acids is 1. The van der Waals surface area contributed by atoms with Crippen molar-refractivity contribution in [1.82, 2.24) is 10.1 Å². The van der Waals surface area contributed by atoms with Crippen LogP contribution in [0.2, 0.25) is 0 Å². The third-order valence-electron chi connectivity index (χ3n) is 3.17. The first-order valence-corrected chi connectivity index (χ1v) is 7.03. The van der Waals surface area contributed by atoms with Crippen molar-refractivity contribution in [3.8, 4) is 22.8 Å². The van der Waals surface area contributed by atoms with Crippen molar-refractivity contribution in [2.75, 3.05) is 0 Å². The Morgan fingerprint density at radius 3 is 2.27 bits per heavy atom. The van der Waals surface area contributed by atoms with E-state index in [9.17, 15) is 4.79 Å². The molecule has 110 valence electrons. The molecule has 6 heteroatoms. The molecule has 0 aliphatic carbocycles. The number of halogens is 1. The minimum absolute atomic E-state index is 0.212. The molecule has 0 saturated carbocycles. The van der Waals surface area contributed by atoms with E-state index >= 15 is 0 Å². The van der Waals surface area contributed by atoms with Gasteiger partial charge in [0.2, 0.25) is 5.82 Å². The summed E-state index contributed by atoms with van der Waals surface area (Å²) >= 11 is 5.75. The average Bonchev–Trinajstić information content (AvgIpc) is 3.05. The number of aromatic nitrogens is 2. The molecule has 0 radical (unpaired) electrons. The van der Waals surface area contributed by atoms with E-state index in [1.165, 1.54) is 12.1 Å². The van der Waals surface area contributed by atoms with Crippen molar-refractivity contribution >= 4 is 17.6 Å². The van der Waals surface area contributed by atoms with Crippen LogP contribution in [0.1, 0.15) is 15.9 Å². The van der Waals surface area contributed by atoms with E-state index in [4.69, 9.17) is 21.2 Å². The van der Waals surface area contributed by atoms with E-state index in [1.807, 2.05) is 24.3 Å². The number of nitrogens with zero attached hydrogens (tertiary/aromatic N) is 2. The zero-order valence-electron chi connectivity index (χ0n) is 11.4. The Labute approximate surface area is 131 Å². The SMILES string of the molecule is O=C(O)c1ccc(-c2noc(-c3ccc(CCl)cc3)n2)cc1. The highest BCUT2D eigenvalue weighted by atomic mass is 35.5. The van der Waals surface area contributed by atoms with E-state index in [0.29, 0.717) is 23.2 Å². The highest BCUT2D eigenvalue weighted by Crippen LogP contribution is 2.23. The molecule has 1 aromatic heterocycles. The summed E-state index contributed by atoms with van der Waals surface area (Å²) in [7, 11) is 0. The first-order valence-electron chi connectivity index (χ1n) is 6.50. The highest BCUT2D eigenvalue weighted by Gasteiger charge is 2.11. The molecule has 2 aromatic carbocycles. The predicted octanol–water partition coefficient (Wildman–Crippen LogP) is 3.84. The van der Waals surface area contributed by atoms with Crippen LogP contribution in [0.4, 0.5) is 0 Å². The van der Waals surface area contributed by atoms with E-state index in [2.05, 4.69) is 10.1 Å². The van der Waals surface area contributed by atoms with Crippen LogP contribution in [-0.2, 0) is 5.88 Å². The zero-order valence-corrected chi connectivity index (χ0v) is 12.1. The number of hydrogen-bond acceptors (Lipinski definition) is 4. The summed E-state index contributed by atoms with van der Waals surface area (Å²) in [6, 6.07) is 13.8. The number of hydrogen-bond donors (Lipinski definition) is 1. The number of carboxylic acids is 1. The number of benzene rings is 2. The summed E-state index contributed by atoms with van der Waals surface area (Å²) in [6.45, 7) is 0. The Morgan fingerprint density at radius 1 is 1.05 bits per heavy atom. The lowest BCUT2D eigenvalue weighted by Gasteiger charge is -1.97. The van der Waals surface area contributed by atoms with Crippen molar-refractivity contribution in [2.24, 2.45) is 0 Å². The summed E-state index contributed by atoms with van der Waals surface area (Å²) in [5.41, 5.74) is 2.71. The number of alkyl halides is 1. The third kappa shape index (κ3) is 2.84. The van der Waals surface area contributed by atoms with Crippen molar-refractivity contribution in [3.63, 3.8) is 0 Å². The Balaban J connectivity index is 1.87. The monoisotopic (exact) mass is 314 g/mol. The van der Waals surface area contributed by atoms with Gasteiger partial charge in [0.05, 0.1) is 5.56 Å². The van der Waals surface area contributed by atoms with E-state index < -0.39 is 5.97 Å². The van der Waals surface area contributed by atoms with Crippen molar-refractivity contribution in [2.45, 2.75) is 5.88 Å². The van der Waals surface area contributed by atoms with Crippen LogP contribution >= 0.6 is 11.6 Å². The minimum atomic E-state index is -0.972. The standard InChI is InChI=1S/C16H11ClN2O3/c17-9-10-1-3-12(4-2-10)15-18-14(19-22-15)11-5-7-13(8-6-11)16(20)21/h1-8H,9H2,(H,20,21). The Kier molecular flexibility index (Phi) is 3.89. The first kappa shape index (κ1) is 14.3. The molecule has 0 amide bonds. The fourth-order valence-corrected chi connectivity index (χ4v) is 2.13. The van der Waals surface area contributed by atoms with E-state index in [1.54, 1.807) is 12.1 Å². The average molecular weight is 315 g/mol. The third-order valence-corrected chi connectivity index (χ3v) is 3.48. The lowest BCUT2D eigenvalue weighted by Crippen LogP contribution is -1.95. The van der Waals surface area contributed by atoms with Gasteiger partial charge in [-0.2, -0.15) is 4.98 Å². The van der Waals surface area contributed by atoms with Gasteiger partial charge in [0, 0.05) is 17.0 Å². The van der Waals surface area contributed by atoms with Gasteiger partial charge in [-0.1, -0.05) is 29.4 Å². The predicted molar refractivity (Wildman–Crippen MR) is 81.7 cm³/mol. The van der Waals surface area contributed by atoms with Crippen molar-refractivity contribution < 1.29 is 14.4 Å². The van der Waals surface area contributed by atoms with Crippen LogP contribution in [0.5, 0.6) is 0 Å². The van der Waals surface area contributed by atoms with Gasteiger partial charge in [-0.15, -0.1) is 11.6 Å². The summed E-state index contributed by atoms with van der Waals surface area (Å²) in [6.07, 6.45) is 0. The second kappa shape index (κ2) is 5.99. The molecule has 0 spiro atoms. The molecule has 0 atom stereocenters. The van der Waals surface area contributed by atoms with Crippen molar-refractivity contribution in [1.29, 1.82) is 0 Å². The Morgan fingerprint density at radius 2 is 1.68 bits per heavy atom. The molecule has 0 aliphatic heterocycles. The molecule has 0 aliphatic rings. The van der Waals surface area contributed by atoms with Gasteiger partial charge in [0.25, 0.3) is 5.89 Å². The molecule has 1 N–H and O–H groups in total. The fraction of sp³-hybridized carbons (Fsp3) is 0.0625. The summed E-state index contributed by atoms with van der Waals surface area (Å²) in [5, 5.41) is 12.8. The van der Waals surface area contributed by atoms with Crippen LogP contribution in [0.3, 0.4) is 0 Å². The second-order valence-electron chi connectivity index (χ2n) is 4.64. The molecular weight excluding hydrogens is 304 g/mol. The van der Waals surface area contributed by atoms with Gasteiger partial charge in [-0.25, -0.2) is 4.79 Å². The van der Waals surface area contributed by atoms with E-state index in [-0.39, 0.29) is 5.56 Å². The van der Waals surface area contributed by atoms with Gasteiger partial charge >= 0.3 is 5.97 Å². The molecular formula is C16H11ClN2O3. The minimum Gasteiger partial charge on any atom is -0.478 e. The maximum Gasteiger partial charge on any atom is 0.335 e. The fourth-order valence-electron chi connectivity index (χ4n) is 1.96. The van der Waals surface area contributed by atoms with Gasteiger partial charge in [-0.3, -0.25) is 0 Å². The van der Waals surface area contributed by atoms with Crippen LogP contribution in [0.25, 0.3) is 22.8 Å². The maximum absolute atomic E-state index is 10.8. The quantitative estimate of drug-likeness (QED) is 0.740.